The van der Waals surface area contributed by atoms with E-state index in [1.54, 1.807) is 11.3 Å². The minimum atomic E-state index is -0.642. The van der Waals surface area contributed by atoms with Gasteiger partial charge in [-0.25, -0.2) is 0 Å². The summed E-state index contributed by atoms with van der Waals surface area (Å²) in [6.07, 6.45) is 0.888. The summed E-state index contributed by atoms with van der Waals surface area (Å²) in [5.74, 6) is 0. The molecule has 3 atom stereocenters. The van der Waals surface area contributed by atoms with E-state index in [0.29, 0.717) is 6.42 Å². The lowest BCUT2D eigenvalue weighted by atomic mass is 10.2. The minimum absolute atomic E-state index is 0.176. The Hall–Kier alpha value is -0.790. The van der Waals surface area contributed by atoms with Crippen LogP contribution in [-0.2, 0) is 4.74 Å². The van der Waals surface area contributed by atoms with Crippen molar-refractivity contribution in [2.24, 2.45) is 0 Å². The lowest BCUT2D eigenvalue weighted by Gasteiger charge is -2.16. The first-order valence-corrected chi connectivity index (χ1v) is 7.38. The molecular formula is C13H15NO3S2. The number of ether oxygens (including phenoxy) is 1. The molecule has 2 aromatic rings. The molecule has 19 heavy (non-hydrogen) atoms. The SMILES string of the molecule is Cc1cc2c(=S)n([C@H]3CC(O)[C@@H](CO)O3)ccc2s1. The van der Waals surface area contributed by atoms with E-state index in [9.17, 15) is 5.11 Å². The number of hydrogen-bond acceptors (Lipinski definition) is 5. The molecule has 1 aliphatic rings. The van der Waals surface area contributed by atoms with E-state index in [-0.39, 0.29) is 12.8 Å². The molecule has 1 saturated heterocycles. The van der Waals surface area contributed by atoms with Crippen LogP contribution in [0.1, 0.15) is 17.5 Å². The lowest BCUT2D eigenvalue weighted by molar-refractivity contribution is -0.0447. The fourth-order valence-electron chi connectivity index (χ4n) is 2.45. The maximum Gasteiger partial charge on any atom is 0.137 e. The molecule has 2 N–H and O–H groups in total. The van der Waals surface area contributed by atoms with E-state index < -0.39 is 12.2 Å². The van der Waals surface area contributed by atoms with Crippen LogP contribution < -0.4 is 0 Å². The largest absolute Gasteiger partial charge is 0.394 e. The van der Waals surface area contributed by atoms with Crippen LogP contribution in [0.5, 0.6) is 0 Å². The zero-order valence-corrected chi connectivity index (χ0v) is 12.1. The first-order chi connectivity index (χ1) is 9.10. The summed E-state index contributed by atoms with van der Waals surface area (Å²) >= 11 is 7.22. The topological polar surface area (TPSA) is 54.6 Å². The molecule has 0 aliphatic carbocycles. The molecule has 6 heteroatoms. The van der Waals surface area contributed by atoms with Crippen LogP contribution in [-0.4, -0.2) is 33.6 Å². The van der Waals surface area contributed by atoms with Gasteiger partial charge < -0.3 is 19.5 Å². The molecule has 2 aromatic heterocycles. The predicted octanol–water partition coefficient (Wildman–Crippen LogP) is 2.38. The highest BCUT2D eigenvalue weighted by molar-refractivity contribution is 7.71. The molecule has 102 valence electrons. The predicted molar refractivity (Wildman–Crippen MR) is 77.0 cm³/mol. The number of hydrogen-bond donors (Lipinski definition) is 2. The molecule has 1 unspecified atom stereocenters. The van der Waals surface area contributed by atoms with Gasteiger partial charge in [-0.2, -0.15) is 0 Å². The van der Waals surface area contributed by atoms with Crippen molar-refractivity contribution in [3.63, 3.8) is 0 Å². The van der Waals surface area contributed by atoms with Crippen LogP contribution in [0.15, 0.2) is 18.3 Å². The molecule has 3 heterocycles. The molecule has 0 aromatic carbocycles. The van der Waals surface area contributed by atoms with Crippen LogP contribution in [0, 0.1) is 11.6 Å². The van der Waals surface area contributed by atoms with E-state index >= 15 is 0 Å². The van der Waals surface area contributed by atoms with E-state index in [0.717, 1.165) is 14.7 Å². The molecule has 0 saturated carbocycles. The maximum atomic E-state index is 9.80. The van der Waals surface area contributed by atoms with Gasteiger partial charge in [0.15, 0.2) is 0 Å². The van der Waals surface area contributed by atoms with Crippen molar-refractivity contribution < 1.29 is 14.9 Å². The summed E-state index contributed by atoms with van der Waals surface area (Å²) < 4.78 is 9.39. The number of thiophene rings is 1. The van der Waals surface area contributed by atoms with Crippen molar-refractivity contribution in [3.05, 3.63) is 27.8 Å². The zero-order valence-electron chi connectivity index (χ0n) is 10.4. The van der Waals surface area contributed by atoms with Gasteiger partial charge in [-0.15, -0.1) is 11.3 Å². The van der Waals surface area contributed by atoms with E-state index in [1.165, 1.54) is 4.88 Å². The Balaban J connectivity index is 2.02. The maximum absolute atomic E-state index is 9.80. The van der Waals surface area contributed by atoms with Crippen LogP contribution in [0.3, 0.4) is 0 Å². The standard InChI is InChI=1S/C13H15NO3S2/c1-7-4-8-11(19-7)2-3-14(13(8)18)12-5-9(16)10(6-15)17-12/h2-4,9-10,12,15-16H,5-6H2,1H3/t9?,10-,12-/m1/s1. The van der Waals surface area contributed by atoms with Gasteiger partial charge in [-0.3, -0.25) is 0 Å². The summed E-state index contributed by atoms with van der Waals surface area (Å²) in [7, 11) is 0. The fourth-order valence-corrected chi connectivity index (χ4v) is 3.79. The number of aryl methyl sites for hydroxylation is 1. The number of aromatic nitrogens is 1. The van der Waals surface area contributed by atoms with Gasteiger partial charge in [-0.1, -0.05) is 12.2 Å². The number of rotatable bonds is 2. The highest BCUT2D eigenvalue weighted by Gasteiger charge is 2.34. The number of pyridine rings is 1. The fraction of sp³-hybridized carbons (Fsp3) is 0.462. The monoisotopic (exact) mass is 297 g/mol. The van der Waals surface area contributed by atoms with Crippen molar-refractivity contribution in [3.8, 4) is 0 Å². The highest BCUT2D eigenvalue weighted by atomic mass is 32.1. The van der Waals surface area contributed by atoms with E-state index in [1.807, 2.05) is 16.8 Å². The quantitative estimate of drug-likeness (QED) is 0.836. The Kier molecular flexibility index (Phi) is 3.44. The summed E-state index contributed by atoms with van der Waals surface area (Å²) in [5, 5.41) is 20.0. The third-order valence-electron chi connectivity index (χ3n) is 3.43. The van der Waals surface area contributed by atoms with Crippen molar-refractivity contribution in [1.82, 2.24) is 4.57 Å². The molecule has 3 rings (SSSR count). The normalized spacial score (nSPS) is 27.2. The first-order valence-electron chi connectivity index (χ1n) is 6.16. The number of nitrogens with zero attached hydrogens (tertiary/aromatic N) is 1. The Morgan fingerprint density at radius 1 is 1.58 bits per heavy atom. The minimum Gasteiger partial charge on any atom is -0.394 e. The van der Waals surface area contributed by atoms with Gasteiger partial charge in [0.25, 0.3) is 0 Å². The zero-order chi connectivity index (χ0) is 13.6. The third kappa shape index (κ3) is 2.23. The van der Waals surface area contributed by atoms with Crippen molar-refractivity contribution in [2.45, 2.75) is 31.8 Å². The molecule has 1 fully saturated rings. The first kappa shape index (κ1) is 13.2. The molecule has 0 amide bonds. The Labute approximate surface area is 119 Å². The second kappa shape index (κ2) is 4.96. The molecule has 0 spiro atoms. The average molecular weight is 297 g/mol. The highest BCUT2D eigenvalue weighted by Crippen LogP contribution is 2.32. The lowest BCUT2D eigenvalue weighted by Crippen LogP contribution is -2.24. The average Bonchev–Trinajstić information content (AvgIpc) is 2.92. The summed E-state index contributed by atoms with van der Waals surface area (Å²) in [6.45, 7) is 1.88. The van der Waals surface area contributed by atoms with Crippen molar-refractivity contribution >= 4 is 33.6 Å². The van der Waals surface area contributed by atoms with Gasteiger partial charge in [-0.05, 0) is 19.1 Å². The van der Waals surface area contributed by atoms with E-state index in [4.69, 9.17) is 22.1 Å². The summed E-state index contributed by atoms with van der Waals surface area (Å²) in [6, 6.07) is 4.10. The van der Waals surface area contributed by atoms with Gasteiger partial charge >= 0.3 is 0 Å². The van der Waals surface area contributed by atoms with Gasteiger partial charge in [0, 0.05) is 27.6 Å². The van der Waals surface area contributed by atoms with Crippen LogP contribution in [0.2, 0.25) is 0 Å². The summed E-state index contributed by atoms with van der Waals surface area (Å²) in [5.41, 5.74) is 0. The Bertz CT molecular complexity index is 663. The second-order valence-electron chi connectivity index (χ2n) is 4.78. The molecule has 0 radical (unpaired) electrons. The van der Waals surface area contributed by atoms with Gasteiger partial charge in [0.05, 0.1) is 12.7 Å². The summed E-state index contributed by atoms with van der Waals surface area (Å²) in [4.78, 5) is 1.22. The smallest absolute Gasteiger partial charge is 0.137 e. The van der Waals surface area contributed by atoms with Crippen molar-refractivity contribution in [2.75, 3.05) is 6.61 Å². The number of fused-ring (bicyclic) bond motifs is 1. The van der Waals surface area contributed by atoms with Crippen LogP contribution in [0.4, 0.5) is 0 Å². The number of aliphatic hydroxyl groups is 2. The number of aliphatic hydroxyl groups excluding tert-OH is 2. The Morgan fingerprint density at radius 2 is 2.37 bits per heavy atom. The second-order valence-corrected chi connectivity index (χ2v) is 6.45. The molecule has 1 aliphatic heterocycles. The third-order valence-corrected chi connectivity index (χ3v) is 4.88. The molecule has 4 nitrogen and oxygen atoms in total. The van der Waals surface area contributed by atoms with Crippen LogP contribution in [0.25, 0.3) is 10.1 Å². The molecular weight excluding hydrogens is 282 g/mol. The van der Waals surface area contributed by atoms with Crippen LogP contribution >= 0.6 is 23.6 Å². The Morgan fingerprint density at radius 3 is 3.05 bits per heavy atom. The van der Waals surface area contributed by atoms with Crippen molar-refractivity contribution in [1.29, 1.82) is 0 Å². The van der Waals surface area contributed by atoms with E-state index in [2.05, 4.69) is 13.0 Å². The molecule has 0 bridgehead atoms. The van der Waals surface area contributed by atoms with Gasteiger partial charge in [0.1, 0.15) is 17.0 Å². The van der Waals surface area contributed by atoms with Gasteiger partial charge in [0.2, 0.25) is 0 Å².